The lowest BCUT2D eigenvalue weighted by Crippen LogP contribution is -2.51. The van der Waals surface area contributed by atoms with Crippen LogP contribution in [0.25, 0.3) is 22.1 Å². The van der Waals surface area contributed by atoms with E-state index in [4.69, 9.17) is 41.2 Å². The summed E-state index contributed by atoms with van der Waals surface area (Å²) in [5, 5.41) is 18.4. The number of imide groups is 1. The third-order valence-electron chi connectivity index (χ3n) is 13.0. The number of ether oxygens (including phenoxy) is 2. The molecule has 6 heterocycles. The molecule has 77 heavy (non-hydrogen) atoms. The number of nitrogens with zero attached hydrogens (tertiary/aromatic N) is 9. The molecular formula is C50H58N14O12S. The second-order valence-electron chi connectivity index (χ2n) is 18.3. The molecule has 0 radical (unpaired) electrons. The summed E-state index contributed by atoms with van der Waals surface area (Å²) in [6.07, 6.45) is 4.28. The van der Waals surface area contributed by atoms with Crippen LogP contribution in [-0.2, 0) is 45.2 Å². The Morgan fingerprint density at radius 2 is 1.49 bits per heavy atom. The van der Waals surface area contributed by atoms with Crippen LogP contribution in [0.3, 0.4) is 0 Å². The van der Waals surface area contributed by atoms with Crippen molar-refractivity contribution < 1.29 is 57.4 Å². The number of hydrogen-bond donors (Lipinski definition) is 6. The second kappa shape index (κ2) is 23.1. The van der Waals surface area contributed by atoms with Crippen LogP contribution in [-0.4, -0.2) is 146 Å². The highest BCUT2D eigenvalue weighted by atomic mass is 32.2. The number of imidazole rings is 2. The summed E-state index contributed by atoms with van der Waals surface area (Å²) >= 11 is 1.01. The number of fused-ring (bicyclic) bond motifs is 2. The van der Waals surface area contributed by atoms with Crippen LogP contribution >= 0.6 is 11.8 Å². The maximum atomic E-state index is 13.9. The van der Waals surface area contributed by atoms with Crippen LogP contribution < -0.4 is 37.3 Å². The number of carbonyl (C=O) groups excluding carboxylic acids is 7. The van der Waals surface area contributed by atoms with E-state index >= 15 is 0 Å². The first kappa shape index (κ1) is 54.7. The Morgan fingerprint density at radius 1 is 0.883 bits per heavy atom. The number of carboxylic acid groups (broad SMARTS) is 1. The third-order valence-corrected chi connectivity index (χ3v) is 14.3. The first-order chi connectivity index (χ1) is 36.8. The van der Waals surface area contributed by atoms with E-state index in [1.807, 2.05) is 13.8 Å². The number of rotatable bonds is 24. The van der Waals surface area contributed by atoms with Crippen molar-refractivity contribution in [3.05, 3.63) is 82.3 Å². The van der Waals surface area contributed by atoms with Gasteiger partial charge in [-0.15, -0.1) is 11.8 Å². The second-order valence-corrected chi connectivity index (χ2v) is 19.6. The van der Waals surface area contributed by atoms with Crippen LogP contribution in [0.15, 0.2) is 46.9 Å². The Morgan fingerprint density at radius 3 is 2.08 bits per heavy atom. The highest BCUT2D eigenvalue weighted by Gasteiger charge is 2.40. The number of aryl methyl sites for hydroxylation is 4. The smallest absolute Gasteiger partial charge is 0.321 e. The minimum atomic E-state index is -1.21. The number of oxazole rings is 1. The summed E-state index contributed by atoms with van der Waals surface area (Å²) in [5.74, 6) is -3.99. The van der Waals surface area contributed by atoms with Crippen molar-refractivity contribution >= 4 is 93.0 Å². The number of carboxylic acids is 1. The molecule has 27 heteroatoms. The minimum Gasteiger partial charge on any atom is -0.494 e. The SMILES string of the molecule is CCc1nc(C)oc1C(=O)Nc1nc2cc(C(N)=O)cc(OCCC3CN(C(=O)CCN4C(=O)CC(SCC(N)C(=O)O)C4=O)C3)c2n1C/C=C/Cn1c(NC(=O)c2cc(C)nn2CC)nc2cc(C(N)=O)cc(OC)c21. The largest absolute Gasteiger partial charge is 0.494 e. The third kappa shape index (κ3) is 11.8. The molecule has 9 N–H and O–H groups in total. The monoisotopic (exact) mass is 1080 g/mol. The van der Waals surface area contributed by atoms with Crippen molar-refractivity contribution in [3.8, 4) is 11.5 Å². The van der Waals surface area contributed by atoms with Gasteiger partial charge in [0.25, 0.3) is 11.8 Å². The van der Waals surface area contributed by atoms with Crippen molar-refractivity contribution in [2.75, 3.05) is 49.7 Å². The molecule has 0 saturated carbocycles. The minimum absolute atomic E-state index is 0.00467. The highest BCUT2D eigenvalue weighted by molar-refractivity contribution is 8.00. The fraction of sp³-hybridized carbons (Fsp3) is 0.400. The summed E-state index contributed by atoms with van der Waals surface area (Å²) in [6, 6.07) is 6.42. The van der Waals surface area contributed by atoms with Crippen molar-refractivity contribution in [2.45, 2.75) is 84.3 Å². The summed E-state index contributed by atoms with van der Waals surface area (Å²) in [5.41, 5.74) is 20.0. The number of thioether (sulfide) groups is 1. The molecule has 0 aliphatic carbocycles. The fourth-order valence-electron chi connectivity index (χ4n) is 9.06. The average molecular weight is 1080 g/mol. The van der Waals surface area contributed by atoms with Gasteiger partial charge in [-0.3, -0.25) is 58.6 Å². The van der Waals surface area contributed by atoms with E-state index < -0.39 is 52.7 Å². The highest BCUT2D eigenvalue weighted by Crippen LogP contribution is 2.34. The molecule has 2 aliphatic heterocycles. The number of nitrogens with two attached hydrogens (primary N) is 3. The van der Waals surface area contributed by atoms with Gasteiger partial charge in [0.1, 0.15) is 34.3 Å². The molecule has 4 aromatic heterocycles. The molecular weight excluding hydrogens is 1020 g/mol. The lowest BCUT2D eigenvalue weighted by atomic mass is 9.96. The first-order valence-corrected chi connectivity index (χ1v) is 25.7. The number of primary amides is 2. The number of nitrogens with one attached hydrogen (secondary N) is 2. The number of aromatic nitrogens is 7. The van der Waals surface area contributed by atoms with E-state index in [-0.39, 0.29) is 102 Å². The van der Waals surface area contributed by atoms with Gasteiger partial charge in [0.05, 0.1) is 41.4 Å². The number of amides is 7. The number of aliphatic carboxylic acids is 1. The lowest BCUT2D eigenvalue weighted by molar-refractivity contribution is -0.142. The maximum absolute atomic E-state index is 13.9. The molecule has 2 saturated heterocycles. The Kier molecular flexibility index (Phi) is 16.4. The number of anilines is 2. The van der Waals surface area contributed by atoms with E-state index in [9.17, 15) is 38.4 Å². The van der Waals surface area contributed by atoms with Crippen molar-refractivity contribution in [2.24, 2.45) is 23.1 Å². The lowest BCUT2D eigenvalue weighted by Gasteiger charge is -2.39. The Bertz CT molecular complexity index is 3370. The molecule has 2 aromatic carbocycles. The number of hydrogen-bond acceptors (Lipinski definition) is 17. The van der Waals surface area contributed by atoms with Gasteiger partial charge in [0, 0.05) is 75.9 Å². The van der Waals surface area contributed by atoms with E-state index in [0.29, 0.717) is 72.0 Å². The zero-order valence-electron chi connectivity index (χ0n) is 42.9. The Hall–Kier alpha value is -8.59. The summed E-state index contributed by atoms with van der Waals surface area (Å²) < 4.78 is 22.7. The summed E-state index contributed by atoms with van der Waals surface area (Å²) in [7, 11) is 1.43. The zero-order valence-corrected chi connectivity index (χ0v) is 43.7. The molecule has 406 valence electrons. The predicted molar refractivity (Wildman–Crippen MR) is 279 cm³/mol. The van der Waals surface area contributed by atoms with Gasteiger partial charge < -0.3 is 50.2 Å². The van der Waals surface area contributed by atoms with Crippen molar-refractivity contribution in [1.29, 1.82) is 0 Å². The molecule has 8 rings (SSSR count). The van der Waals surface area contributed by atoms with Gasteiger partial charge in [-0.05, 0) is 62.9 Å². The van der Waals surface area contributed by atoms with E-state index in [1.54, 1.807) is 50.8 Å². The maximum Gasteiger partial charge on any atom is 0.321 e. The van der Waals surface area contributed by atoms with Crippen LogP contribution in [0.1, 0.15) is 92.1 Å². The molecule has 0 bridgehead atoms. The number of likely N-dealkylation sites (tertiary alicyclic amines) is 2. The van der Waals surface area contributed by atoms with Gasteiger partial charge in [0.15, 0.2) is 5.89 Å². The molecule has 6 aromatic rings. The fourth-order valence-corrected chi connectivity index (χ4v) is 10.2. The van der Waals surface area contributed by atoms with Crippen molar-refractivity contribution in [3.63, 3.8) is 0 Å². The molecule has 26 nitrogen and oxygen atoms in total. The Labute approximate surface area is 443 Å². The predicted octanol–water partition coefficient (Wildman–Crippen LogP) is 2.63. The van der Waals surface area contributed by atoms with Gasteiger partial charge in [-0.25, -0.2) is 15.0 Å². The molecule has 2 fully saturated rings. The van der Waals surface area contributed by atoms with E-state index in [2.05, 4.69) is 25.7 Å². The van der Waals surface area contributed by atoms with Gasteiger partial charge in [0.2, 0.25) is 47.2 Å². The quantitative estimate of drug-likeness (QED) is 0.0375. The number of methoxy groups -OCH3 is 1. The number of allylic oxidation sites excluding steroid dienone is 2. The molecule has 7 amide bonds. The van der Waals surface area contributed by atoms with Crippen LogP contribution in [0.2, 0.25) is 0 Å². The molecule has 2 unspecified atom stereocenters. The van der Waals surface area contributed by atoms with Gasteiger partial charge in [-0.2, -0.15) is 5.10 Å². The first-order valence-electron chi connectivity index (χ1n) is 24.6. The zero-order chi connectivity index (χ0) is 55.4. The Balaban J connectivity index is 1.02. The van der Waals surface area contributed by atoms with Gasteiger partial charge in [-0.1, -0.05) is 19.1 Å². The van der Waals surface area contributed by atoms with Crippen molar-refractivity contribution in [1.82, 2.24) is 43.7 Å². The number of benzene rings is 2. The summed E-state index contributed by atoms with van der Waals surface area (Å²) in [4.78, 5) is 119. The topological polar surface area (TPSA) is 363 Å². The van der Waals surface area contributed by atoms with Gasteiger partial charge >= 0.3 is 5.97 Å². The standard InChI is InChI=1S/C50H58N14O12S/c1-6-31-42(76-26(4)54-31)46(70)58-50-56-33-18-29(44(53)68)20-36(75-15-11-27-22-60(23-27)38(65)10-14-61-39(66)21-37(47(61)71)77-24-30(51)48(72)73)41(33)63(50)13-9-8-12-62-40-32(17-28(43(52)67)19-35(40)74-5)55-49(62)57-45(69)34-16-25(3)59-64(34)7-2/h8-9,16-20,27,30,37H,6-7,10-15,21-24,51H2,1-5H3,(H2,52,67)(H2,53,68)(H,72,73)(H,55,57,69)(H,56,58,70)/b9-8+. The summed E-state index contributed by atoms with van der Waals surface area (Å²) in [6.45, 7) is 8.49. The van der Waals surface area contributed by atoms with E-state index in [0.717, 1.165) is 16.7 Å². The van der Waals surface area contributed by atoms with E-state index in [1.165, 1.54) is 31.4 Å². The normalized spacial score (nSPS) is 15.2. The number of carbonyl (C=O) groups is 8. The molecule has 2 atom stereocenters. The average Bonchev–Trinajstić information content (AvgIpc) is 4.27. The van der Waals surface area contributed by atoms with Crippen LogP contribution in [0.5, 0.6) is 11.5 Å². The molecule has 2 aliphatic rings. The molecule has 0 spiro atoms. The van der Waals surface area contributed by atoms with Crippen LogP contribution in [0.4, 0.5) is 11.9 Å². The van der Waals surface area contributed by atoms with Crippen LogP contribution in [0, 0.1) is 19.8 Å².